The number of carbonyl (C=O) groups excluding carboxylic acids is 1. The molecule has 0 fully saturated rings. The van der Waals surface area contributed by atoms with Crippen LogP contribution in [0.5, 0.6) is 0 Å². The Morgan fingerprint density at radius 2 is 1.60 bits per heavy atom. The van der Waals surface area contributed by atoms with Gasteiger partial charge in [0.15, 0.2) is 0 Å². The number of amides is 1. The van der Waals surface area contributed by atoms with Gasteiger partial charge in [-0.1, -0.05) is 65.7 Å². The van der Waals surface area contributed by atoms with Gasteiger partial charge in [-0.25, -0.2) is 8.42 Å². The first-order chi connectivity index (χ1) is 16.5. The Kier molecular flexibility index (Phi) is 9.00. The zero-order chi connectivity index (χ0) is 25.8. The summed E-state index contributed by atoms with van der Waals surface area (Å²) < 4.78 is 28.3. The lowest BCUT2D eigenvalue weighted by Crippen LogP contribution is -2.42. The van der Waals surface area contributed by atoms with E-state index in [1.807, 2.05) is 58.0 Å². The highest BCUT2D eigenvalue weighted by Crippen LogP contribution is 2.28. The van der Waals surface area contributed by atoms with Gasteiger partial charge in [0.25, 0.3) is 0 Å². The highest BCUT2D eigenvalue weighted by atomic mass is 35.5. The second kappa shape index (κ2) is 11.6. The van der Waals surface area contributed by atoms with Gasteiger partial charge in [-0.15, -0.1) is 0 Å². The molecule has 0 bridgehead atoms. The van der Waals surface area contributed by atoms with Crippen LogP contribution in [-0.2, 0) is 21.2 Å². The van der Waals surface area contributed by atoms with E-state index in [0.29, 0.717) is 6.42 Å². The third kappa shape index (κ3) is 6.85. The van der Waals surface area contributed by atoms with Gasteiger partial charge in [-0.3, -0.25) is 4.79 Å². The van der Waals surface area contributed by atoms with E-state index >= 15 is 0 Å². The fourth-order valence-corrected chi connectivity index (χ4v) is 6.11. The number of rotatable bonds is 9. The molecule has 1 unspecified atom stereocenters. The van der Waals surface area contributed by atoms with Crippen LogP contribution < -0.4 is 5.32 Å². The van der Waals surface area contributed by atoms with E-state index in [9.17, 15) is 13.2 Å². The zero-order valence-corrected chi connectivity index (χ0v) is 22.6. The van der Waals surface area contributed by atoms with Gasteiger partial charge in [-0.2, -0.15) is 4.31 Å². The first kappa shape index (κ1) is 27.2. The van der Waals surface area contributed by atoms with E-state index in [0.717, 1.165) is 26.6 Å². The van der Waals surface area contributed by atoms with Gasteiger partial charge < -0.3 is 5.32 Å². The van der Waals surface area contributed by atoms with Crippen LogP contribution >= 0.6 is 23.2 Å². The Balaban J connectivity index is 1.85. The molecule has 0 aromatic heterocycles. The molecule has 0 spiro atoms. The minimum atomic E-state index is -4.08. The standard InChI is InChI=1S/C27H30Cl2N2O3S/c1-18-14-20(3)24(15-19(18)2)21(4)30-27(32)17-31(13-12-22-8-6-5-7-9-22)35(33,34)26-16-23(28)10-11-25(26)29/h5-11,14-16,21H,12-13,17H2,1-4H3,(H,30,32). The number of nitrogens with one attached hydrogen (secondary N) is 1. The van der Waals surface area contributed by atoms with Gasteiger partial charge in [0.2, 0.25) is 15.9 Å². The number of carbonyl (C=O) groups is 1. The Labute approximate surface area is 218 Å². The van der Waals surface area contributed by atoms with E-state index in [1.165, 1.54) is 23.8 Å². The van der Waals surface area contributed by atoms with Crippen LogP contribution in [0, 0.1) is 20.8 Å². The number of hydrogen-bond donors (Lipinski definition) is 1. The van der Waals surface area contributed by atoms with Crippen molar-refractivity contribution in [3.8, 4) is 0 Å². The van der Waals surface area contributed by atoms with Crippen molar-refractivity contribution in [3.05, 3.63) is 98.5 Å². The summed E-state index contributed by atoms with van der Waals surface area (Å²) in [5, 5.41) is 3.26. The van der Waals surface area contributed by atoms with Crippen molar-refractivity contribution in [2.24, 2.45) is 0 Å². The Hall–Kier alpha value is -2.38. The normalized spacial score (nSPS) is 12.5. The summed E-state index contributed by atoms with van der Waals surface area (Å²) in [7, 11) is -4.08. The molecule has 0 saturated carbocycles. The Morgan fingerprint density at radius 1 is 0.943 bits per heavy atom. The van der Waals surface area contributed by atoms with Crippen LogP contribution in [0.1, 0.15) is 40.8 Å². The van der Waals surface area contributed by atoms with E-state index in [2.05, 4.69) is 17.4 Å². The number of sulfonamides is 1. The molecule has 3 aromatic carbocycles. The van der Waals surface area contributed by atoms with E-state index < -0.39 is 15.9 Å². The molecule has 0 aliphatic carbocycles. The molecule has 186 valence electrons. The minimum absolute atomic E-state index is 0.0543. The van der Waals surface area contributed by atoms with Crippen molar-refractivity contribution in [2.45, 2.75) is 45.1 Å². The van der Waals surface area contributed by atoms with Crippen molar-refractivity contribution in [3.63, 3.8) is 0 Å². The Bertz CT molecular complexity index is 1310. The molecule has 35 heavy (non-hydrogen) atoms. The molecule has 3 rings (SSSR count). The maximum absolute atomic E-state index is 13.6. The summed E-state index contributed by atoms with van der Waals surface area (Å²) in [6.45, 7) is 7.74. The van der Waals surface area contributed by atoms with E-state index in [4.69, 9.17) is 23.2 Å². The summed E-state index contributed by atoms with van der Waals surface area (Å²) >= 11 is 12.3. The predicted octanol–water partition coefficient (Wildman–Crippen LogP) is 6.03. The van der Waals surface area contributed by atoms with Crippen molar-refractivity contribution >= 4 is 39.1 Å². The fraction of sp³-hybridized carbons (Fsp3) is 0.296. The largest absolute Gasteiger partial charge is 0.348 e. The second-order valence-corrected chi connectivity index (χ2v) is 11.5. The maximum atomic E-state index is 13.6. The molecule has 0 aliphatic rings. The number of benzene rings is 3. The highest BCUT2D eigenvalue weighted by Gasteiger charge is 2.29. The van der Waals surface area contributed by atoms with Gasteiger partial charge >= 0.3 is 0 Å². The van der Waals surface area contributed by atoms with Crippen LogP contribution in [0.3, 0.4) is 0 Å². The van der Waals surface area contributed by atoms with Crippen LogP contribution in [0.2, 0.25) is 10.0 Å². The average Bonchev–Trinajstić information content (AvgIpc) is 2.81. The average molecular weight is 534 g/mol. The van der Waals surface area contributed by atoms with Gasteiger partial charge in [0.1, 0.15) is 4.90 Å². The Morgan fingerprint density at radius 3 is 2.29 bits per heavy atom. The number of nitrogens with zero attached hydrogens (tertiary/aromatic N) is 1. The van der Waals surface area contributed by atoms with Gasteiger partial charge in [-0.05, 0) is 80.1 Å². The first-order valence-corrected chi connectivity index (χ1v) is 13.5. The molecule has 0 radical (unpaired) electrons. The van der Waals surface area contributed by atoms with Gasteiger partial charge in [0.05, 0.1) is 17.6 Å². The molecule has 0 aliphatic heterocycles. The van der Waals surface area contributed by atoms with Crippen LogP contribution in [0.15, 0.2) is 65.6 Å². The smallest absolute Gasteiger partial charge is 0.245 e. The zero-order valence-electron chi connectivity index (χ0n) is 20.3. The van der Waals surface area contributed by atoms with Crippen molar-refractivity contribution in [1.29, 1.82) is 0 Å². The lowest BCUT2D eigenvalue weighted by molar-refractivity contribution is -0.121. The molecular formula is C27H30Cl2N2O3S. The first-order valence-electron chi connectivity index (χ1n) is 11.3. The molecule has 0 saturated heterocycles. The SMILES string of the molecule is Cc1cc(C)c(C(C)NC(=O)CN(CCc2ccccc2)S(=O)(=O)c2cc(Cl)ccc2Cl)cc1C. The second-order valence-electron chi connectivity index (χ2n) is 8.73. The fourth-order valence-electron chi connectivity index (χ4n) is 3.97. The lowest BCUT2D eigenvalue weighted by atomic mass is 9.96. The summed E-state index contributed by atoms with van der Waals surface area (Å²) in [4.78, 5) is 12.9. The third-order valence-electron chi connectivity index (χ3n) is 6.05. The number of hydrogen-bond acceptors (Lipinski definition) is 3. The number of aryl methyl sites for hydroxylation is 3. The third-order valence-corrected chi connectivity index (χ3v) is 8.61. The molecule has 8 heteroatoms. The topological polar surface area (TPSA) is 66.5 Å². The summed E-state index contributed by atoms with van der Waals surface area (Å²) in [6.07, 6.45) is 0.442. The molecule has 1 amide bonds. The molecular weight excluding hydrogens is 503 g/mol. The van der Waals surface area contributed by atoms with Crippen LogP contribution in [-0.4, -0.2) is 31.7 Å². The quantitative estimate of drug-likeness (QED) is 0.365. The highest BCUT2D eigenvalue weighted by molar-refractivity contribution is 7.89. The van der Waals surface area contributed by atoms with Crippen molar-refractivity contribution in [1.82, 2.24) is 9.62 Å². The van der Waals surface area contributed by atoms with E-state index in [1.54, 1.807) is 0 Å². The maximum Gasteiger partial charge on any atom is 0.245 e. The molecule has 0 heterocycles. The van der Waals surface area contributed by atoms with Crippen LogP contribution in [0.4, 0.5) is 0 Å². The molecule has 1 N–H and O–H groups in total. The minimum Gasteiger partial charge on any atom is -0.348 e. The van der Waals surface area contributed by atoms with E-state index in [-0.39, 0.29) is 34.1 Å². The number of halogens is 2. The lowest BCUT2D eigenvalue weighted by Gasteiger charge is -2.24. The van der Waals surface area contributed by atoms with Gasteiger partial charge in [0, 0.05) is 11.6 Å². The molecule has 3 aromatic rings. The molecule has 1 atom stereocenters. The van der Waals surface area contributed by atoms with Crippen molar-refractivity contribution < 1.29 is 13.2 Å². The molecule has 5 nitrogen and oxygen atoms in total. The summed E-state index contributed by atoms with van der Waals surface area (Å²) in [6, 6.07) is 17.7. The van der Waals surface area contributed by atoms with Crippen LogP contribution in [0.25, 0.3) is 0 Å². The predicted molar refractivity (Wildman–Crippen MR) is 143 cm³/mol. The van der Waals surface area contributed by atoms with Crippen molar-refractivity contribution in [2.75, 3.05) is 13.1 Å². The summed E-state index contributed by atoms with van der Waals surface area (Å²) in [5.41, 5.74) is 5.35. The summed E-state index contributed by atoms with van der Waals surface area (Å²) in [5.74, 6) is -0.398. The monoisotopic (exact) mass is 532 g/mol.